The van der Waals surface area contributed by atoms with Gasteiger partial charge in [0.1, 0.15) is 0 Å². The van der Waals surface area contributed by atoms with Gasteiger partial charge in [-0.25, -0.2) is 0 Å². The number of hydrogen-bond acceptors (Lipinski definition) is 1. The molecule has 4 fully saturated rings. The molecule has 0 aromatic carbocycles. The lowest BCUT2D eigenvalue weighted by Crippen LogP contribution is -2.53. The van der Waals surface area contributed by atoms with Crippen LogP contribution in [0, 0.1) is 52.3 Å². The number of aliphatic hydroxyl groups is 1. The molecule has 1 unspecified atom stereocenters. The molecular weight excluding hydrogens is 328 g/mol. The van der Waals surface area contributed by atoms with E-state index in [0.717, 1.165) is 36.0 Å². The van der Waals surface area contributed by atoms with E-state index in [1.54, 1.807) is 0 Å². The second-order valence-corrected chi connectivity index (χ2v) is 12.2. The maximum absolute atomic E-state index is 11.2. The summed E-state index contributed by atoms with van der Waals surface area (Å²) in [5.74, 6) is 5.65. The van der Waals surface area contributed by atoms with Crippen LogP contribution in [0.25, 0.3) is 0 Å². The molecule has 0 aliphatic heterocycles. The lowest BCUT2D eigenvalue weighted by molar-refractivity contribution is -0.115. The number of rotatable bonds is 4. The zero-order valence-electron chi connectivity index (χ0n) is 18.8. The fourth-order valence-corrected chi connectivity index (χ4v) is 9.15. The molecule has 0 saturated heterocycles. The Morgan fingerprint density at radius 1 is 0.852 bits per heavy atom. The van der Waals surface area contributed by atoms with E-state index < -0.39 is 0 Å². The fourth-order valence-electron chi connectivity index (χ4n) is 9.15. The molecule has 0 aromatic rings. The lowest BCUT2D eigenvalue weighted by Gasteiger charge is -2.60. The van der Waals surface area contributed by atoms with Crippen molar-refractivity contribution >= 4 is 0 Å². The molecular formula is C26H46O. The molecule has 1 N–H and O–H groups in total. The van der Waals surface area contributed by atoms with Crippen LogP contribution in [0.4, 0.5) is 0 Å². The second kappa shape index (κ2) is 7.33. The molecule has 0 amide bonds. The van der Waals surface area contributed by atoms with E-state index in [1.807, 2.05) is 0 Å². The van der Waals surface area contributed by atoms with E-state index in [4.69, 9.17) is 0 Å². The van der Waals surface area contributed by atoms with E-state index in [-0.39, 0.29) is 6.10 Å². The van der Waals surface area contributed by atoms with Gasteiger partial charge >= 0.3 is 0 Å². The predicted molar refractivity (Wildman–Crippen MR) is 114 cm³/mol. The van der Waals surface area contributed by atoms with Crippen molar-refractivity contribution in [2.75, 3.05) is 0 Å². The largest absolute Gasteiger partial charge is 0.393 e. The molecule has 156 valence electrons. The van der Waals surface area contributed by atoms with Crippen molar-refractivity contribution in [1.29, 1.82) is 0 Å². The Bertz CT molecular complexity index is 526. The van der Waals surface area contributed by atoms with Crippen molar-refractivity contribution in [3.63, 3.8) is 0 Å². The minimum Gasteiger partial charge on any atom is -0.393 e. The van der Waals surface area contributed by atoms with Crippen LogP contribution in [0.2, 0.25) is 0 Å². The first-order valence-electron chi connectivity index (χ1n) is 12.5. The Labute approximate surface area is 169 Å². The first-order chi connectivity index (χ1) is 12.8. The molecule has 4 aliphatic rings. The van der Waals surface area contributed by atoms with Crippen molar-refractivity contribution in [1.82, 2.24) is 0 Å². The van der Waals surface area contributed by atoms with Crippen LogP contribution < -0.4 is 0 Å². The number of aliphatic hydroxyl groups excluding tert-OH is 1. The normalized spacial score (nSPS) is 50.8. The molecule has 0 aromatic heterocycles. The fraction of sp³-hybridized carbons (Fsp3) is 1.00. The standard InChI is InChI=1S/C26H46O/c1-17(2)9-10-18(3)24-23(27)16-22-20-12-11-19-8-6-7-14-25(19,4)21(20)13-15-26(22,24)5/h17-24,27H,6-16H2,1-5H3/t18-,19?,20-,21+,22+,23+,24+,25+,26+/m1/s1. The molecule has 9 atom stereocenters. The van der Waals surface area contributed by atoms with Gasteiger partial charge in [0.05, 0.1) is 6.10 Å². The average Bonchev–Trinajstić information content (AvgIpc) is 2.89. The van der Waals surface area contributed by atoms with Crippen molar-refractivity contribution < 1.29 is 5.11 Å². The Hall–Kier alpha value is -0.0400. The summed E-state index contributed by atoms with van der Waals surface area (Å²) in [6.45, 7) is 12.4. The molecule has 4 saturated carbocycles. The van der Waals surface area contributed by atoms with Gasteiger partial charge in [0.2, 0.25) is 0 Å². The van der Waals surface area contributed by atoms with Crippen LogP contribution in [-0.4, -0.2) is 11.2 Å². The number of fused-ring (bicyclic) bond motifs is 5. The van der Waals surface area contributed by atoms with Crippen LogP contribution in [0.15, 0.2) is 0 Å². The molecule has 0 heterocycles. The second-order valence-electron chi connectivity index (χ2n) is 12.2. The summed E-state index contributed by atoms with van der Waals surface area (Å²) in [4.78, 5) is 0. The third kappa shape index (κ3) is 3.23. The van der Waals surface area contributed by atoms with Gasteiger partial charge in [-0.05, 0) is 97.2 Å². The first kappa shape index (κ1) is 20.2. The number of hydrogen-bond donors (Lipinski definition) is 1. The van der Waals surface area contributed by atoms with Crippen molar-refractivity contribution in [2.45, 2.75) is 111 Å². The van der Waals surface area contributed by atoms with Crippen molar-refractivity contribution in [3.8, 4) is 0 Å². The molecule has 27 heavy (non-hydrogen) atoms. The van der Waals surface area contributed by atoms with Gasteiger partial charge in [-0.3, -0.25) is 0 Å². The summed E-state index contributed by atoms with van der Waals surface area (Å²) in [5, 5.41) is 11.2. The maximum Gasteiger partial charge on any atom is 0.0579 e. The highest BCUT2D eigenvalue weighted by Crippen LogP contribution is 2.68. The zero-order chi connectivity index (χ0) is 19.4. The first-order valence-corrected chi connectivity index (χ1v) is 12.5. The van der Waals surface area contributed by atoms with Gasteiger partial charge in [0.25, 0.3) is 0 Å². The van der Waals surface area contributed by atoms with E-state index in [0.29, 0.717) is 22.7 Å². The van der Waals surface area contributed by atoms with Gasteiger partial charge in [-0.2, -0.15) is 0 Å². The predicted octanol–water partition coefficient (Wildman–Crippen LogP) is 7.08. The van der Waals surface area contributed by atoms with Crippen LogP contribution >= 0.6 is 0 Å². The molecule has 4 aliphatic carbocycles. The summed E-state index contributed by atoms with van der Waals surface area (Å²) in [7, 11) is 0. The van der Waals surface area contributed by atoms with Crippen LogP contribution in [0.1, 0.15) is 105 Å². The van der Waals surface area contributed by atoms with Gasteiger partial charge in [0, 0.05) is 0 Å². The van der Waals surface area contributed by atoms with Gasteiger partial charge in [0.15, 0.2) is 0 Å². The van der Waals surface area contributed by atoms with Gasteiger partial charge in [-0.1, -0.05) is 60.3 Å². The highest BCUT2D eigenvalue weighted by molar-refractivity contribution is 5.11. The minimum atomic E-state index is -0.0437. The Kier molecular flexibility index (Phi) is 5.50. The van der Waals surface area contributed by atoms with Gasteiger partial charge in [-0.15, -0.1) is 0 Å². The third-order valence-electron chi connectivity index (χ3n) is 10.5. The summed E-state index contributed by atoms with van der Waals surface area (Å²) >= 11 is 0. The molecule has 0 radical (unpaired) electrons. The highest BCUT2D eigenvalue weighted by atomic mass is 16.3. The smallest absolute Gasteiger partial charge is 0.0579 e. The van der Waals surface area contributed by atoms with Gasteiger partial charge < -0.3 is 5.11 Å². The molecule has 4 rings (SSSR count). The molecule has 1 heteroatoms. The minimum absolute atomic E-state index is 0.0437. The van der Waals surface area contributed by atoms with Crippen molar-refractivity contribution in [2.24, 2.45) is 52.3 Å². The summed E-state index contributed by atoms with van der Waals surface area (Å²) < 4.78 is 0. The molecule has 1 nitrogen and oxygen atoms in total. The summed E-state index contributed by atoms with van der Waals surface area (Å²) in [5.41, 5.74) is 1.02. The van der Waals surface area contributed by atoms with E-state index in [9.17, 15) is 5.11 Å². The Morgan fingerprint density at radius 3 is 2.37 bits per heavy atom. The quantitative estimate of drug-likeness (QED) is 0.557. The van der Waals surface area contributed by atoms with Crippen LogP contribution in [0.5, 0.6) is 0 Å². The molecule has 0 spiro atoms. The molecule has 0 bridgehead atoms. The third-order valence-corrected chi connectivity index (χ3v) is 10.5. The zero-order valence-corrected chi connectivity index (χ0v) is 18.8. The van der Waals surface area contributed by atoms with Crippen molar-refractivity contribution in [3.05, 3.63) is 0 Å². The van der Waals surface area contributed by atoms with Crippen LogP contribution in [-0.2, 0) is 0 Å². The Morgan fingerprint density at radius 2 is 1.63 bits per heavy atom. The maximum atomic E-state index is 11.2. The topological polar surface area (TPSA) is 20.2 Å². The SMILES string of the molecule is CC(C)CC[C@@H](C)[C@H]1[C@@H](O)C[C@H]2[C@@H]3CCC4CCCC[C@]4(C)[C@H]3CC[C@]12C. The van der Waals surface area contributed by atoms with E-state index in [1.165, 1.54) is 64.2 Å². The summed E-state index contributed by atoms with van der Waals surface area (Å²) in [6.07, 6.45) is 15.4. The summed E-state index contributed by atoms with van der Waals surface area (Å²) in [6, 6.07) is 0. The lowest BCUT2D eigenvalue weighted by atomic mass is 9.44. The highest BCUT2D eigenvalue weighted by Gasteiger charge is 2.62. The van der Waals surface area contributed by atoms with E-state index >= 15 is 0 Å². The Balaban J connectivity index is 1.55. The average molecular weight is 375 g/mol. The van der Waals surface area contributed by atoms with E-state index in [2.05, 4.69) is 34.6 Å². The van der Waals surface area contributed by atoms with Crippen LogP contribution in [0.3, 0.4) is 0 Å². The monoisotopic (exact) mass is 374 g/mol.